The molecule has 0 unspecified atom stereocenters. The van der Waals surface area contributed by atoms with Gasteiger partial charge in [0.25, 0.3) is 0 Å². The summed E-state index contributed by atoms with van der Waals surface area (Å²) in [6.45, 7) is 3.19. The van der Waals surface area contributed by atoms with E-state index in [1.54, 1.807) is 17.9 Å². The molecule has 0 aliphatic rings. The Labute approximate surface area is 107 Å². The predicted octanol–water partition coefficient (Wildman–Crippen LogP) is 1.75. The Kier molecular flexibility index (Phi) is 3.00. The molecule has 0 saturated carbocycles. The maximum Gasteiger partial charge on any atom is 0.356 e. The number of ketones is 1. The fourth-order valence-electron chi connectivity index (χ4n) is 1.53. The lowest BCUT2D eigenvalue weighted by atomic mass is 10.2. The molecule has 7 heteroatoms. The number of aromatic carboxylic acids is 1. The Morgan fingerprint density at radius 2 is 2.11 bits per heavy atom. The van der Waals surface area contributed by atoms with Gasteiger partial charge in [-0.15, -0.1) is 11.3 Å². The lowest BCUT2D eigenvalue weighted by Gasteiger charge is -1.95. The minimum Gasteiger partial charge on any atom is -0.476 e. The molecule has 0 aliphatic heterocycles. The van der Waals surface area contributed by atoms with Crippen LogP contribution in [0.25, 0.3) is 10.6 Å². The maximum atomic E-state index is 11.4. The summed E-state index contributed by atoms with van der Waals surface area (Å²) in [6.07, 6.45) is 1.61. The minimum atomic E-state index is -1.19. The first-order valence-corrected chi connectivity index (χ1v) is 5.97. The van der Waals surface area contributed by atoms with Crippen molar-refractivity contribution in [2.75, 3.05) is 0 Å². The second-order valence-corrected chi connectivity index (χ2v) is 4.82. The van der Waals surface area contributed by atoms with Gasteiger partial charge in [0.05, 0.1) is 11.8 Å². The van der Waals surface area contributed by atoms with E-state index in [1.165, 1.54) is 6.92 Å². The predicted molar refractivity (Wildman–Crippen MR) is 66.0 cm³/mol. The van der Waals surface area contributed by atoms with Crippen LogP contribution in [-0.2, 0) is 7.05 Å². The molecule has 2 aromatic rings. The van der Waals surface area contributed by atoms with Crippen LogP contribution in [0.1, 0.15) is 32.8 Å². The third-order valence-corrected chi connectivity index (χ3v) is 3.80. The van der Waals surface area contributed by atoms with Crippen LogP contribution in [-0.4, -0.2) is 31.6 Å². The highest BCUT2D eigenvalue weighted by atomic mass is 32.1. The molecule has 0 amide bonds. The normalized spacial score (nSPS) is 10.6. The van der Waals surface area contributed by atoms with Crippen LogP contribution in [0.5, 0.6) is 0 Å². The van der Waals surface area contributed by atoms with E-state index in [4.69, 9.17) is 5.11 Å². The monoisotopic (exact) mass is 265 g/mol. The van der Waals surface area contributed by atoms with Crippen molar-refractivity contribution >= 4 is 23.1 Å². The Balaban J connectivity index is 2.60. The van der Waals surface area contributed by atoms with E-state index < -0.39 is 5.97 Å². The highest BCUT2D eigenvalue weighted by Gasteiger charge is 2.22. The third-order valence-electron chi connectivity index (χ3n) is 2.62. The number of rotatable bonds is 3. The number of carbonyl (C=O) groups is 2. The van der Waals surface area contributed by atoms with Crippen molar-refractivity contribution in [1.29, 1.82) is 0 Å². The number of hydrogen-bond acceptors (Lipinski definition) is 5. The number of thiazole rings is 1. The van der Waals surface area contributed by atoms with Crippen molar-refractivity contribution in [3.63, 3.8) is 0 Å². The summed E-state index contributed by atoms with van der Waals surface area (Å²) < 4.78 is 1.67. The summed E-state index contributed by atoms with van der Waals surface area (Å²) in [4.78, 5) is 26.6. The van der Waals surface area contributed by atoms with Crippen LogP contribution in [0.4, 0.5) is 0 Å². The van der Waals surface area contributed by atoms with Crippen molar-refractivity contribution in [1.82, 2.24) is 14.8 Å². The first-order chi connectivity index (χ1) is 8.41. The highest BCUT2D eigenvalue weighted by molar-refractivity contribution is 7.17. The molecule has 0 saturated heterocycles. The van der Waals surface area contributed by atoms with Crippen LogP contribution >= 0.6 is 11.3 Å². The van der Waals surface area contributed by atoms with E-state index in [1.807, 2.05) is 6.92 Å². The van der Waals surface area contributed by atoms with Gasteiger partial charge >= 0.3 is 5.97 Å². The number of nitrogens with zero attached hydrogens (tertiary/aromatic N) is 3. The van der Waals surface area contributed by atoms with Crippen molar-refractivity contribution in [3.05, 3.63) is 22.5 Å². The molecule has 0 fully saturated rings. The van der Waals surface area contributed by atoms with Gasteiger partial charge in [0.1, 0.15) is 9.88 Å². The summed E-state index contributed by atoms with van der Waals surface area (Å²) in [6, 6.07) is 0. The van der Waals surface area contributed by atoms with Gasteiger partial charge in [0.2, 0.25) is 0 Å². The standard InChI is InChI=1S/C11H11N3O3S/c1-5-7(4-12-14(5)3)10-13-8(11(16)17)9(18-10)6(2)15/h4H,1-3H3,(H,16,17). The van der Waals surface area contributed by atoms with E-state index in [0.717, 1.165) is 22.6 Å². The van der Waals surface area contributed by atoms with E-state index in [0.29, 0.717) is 5.01 Å². The van der Waals surface area contributed by atoms with E-state index >= 15 is 0 Å². The van der Waals surface area contributed by atoms with Gasteiger partial charge in [0.15, 0.2) is 11.5 Å². The molecule has 18 heavy (non-hydrogen) atoms. The lowest BCUT2D eigenvalue weighted by Crippen LogP contribution is -2.03. The van der Waals surface area contributed by atoms with Crippen molar-refractivity contribution in [2.45, 2.75) is 13.8 Å². The molecule has 94 valence electrons. The maximum absolute atomic E-state index is 11.4. The molecule has 0 spiro atoms. The molecule has 1 N–H and O–H groups in total. The van der Waals surface area contributed by atoms with Gasteiger partial charge in [-0.05, 0) is 6.92 Å². The molecular weight excluding hydrogens is 254 g/mol. The van der Waals surface area contributed by atoms with Crippen molar-refractivity contribution in [3.8, 4) is 10.6 Å². The van der Waals surface area contributed by atoms with Gasteiger partial charge in [-0.2, -0.15) is 5.10 Å². The molecule has 0 aliphatic carbocycles. The quantitative estimate of drug-likeness (QED) is 0.854. The largest absolute Gasteiger partial charge is 0.476 e. The molecule has 2 heterocycles. The summed E-state index contributed by atoms with van der Waals surface area (Å²) in [5.74, 6) is -1.48. The number of Topliss-reactive ketones (excluding diaryl/α,β-unsaturated/α-hetero) is 1. The van der Waals surface area contributed by atoms with Gasteiger partial charge in [-0.3, -0.25) is 9.48 Å². The number of aromatic nitrogens is 3. The molecule has 0 radical (unpaired) electrons. The Hall–Kier alpha value is -2.02. The van der Waals surface area contributed by atoms with Gasteiger partial charge < -0.3 is 5.11 Å². The van der Waals surface area contributed by atoms with Gasteiger partial charge in [0, 0.05) is 19.7 Å². The van der Waals surface area contributed by atoms with Crippen LogP contribution in [0.2, 0.25) is 0 Å². The molecular formula is C11H11N3O3S. The number of aryl methyl sites for hydroxylation is 1. The average Bonchev–Trinajstić information content (AvgIpc) is 2.85. The fourth-order valence-corrected chi connectivity index (χ4v) is 2.54. The first-order valence-electron chi connectivity index (χ1n) is 5.16. The second kappa shape index (κ2) is 4.34. The Morgan fingerprint density at radius 3 is 2.50 bits per heavy atom. The SMILES string of the molecule is CC(=O)c1sc(-c2cnn(C)c2C)nc1C(=O)O. The van der Waals surface area contributed by atoms with Gasteiger partial charge in [-0.1, -0.05) is 0 Å². The fraction of sp³-hybridized carbons (Fsp3) is 0.273. The Morgan fingerprint density at radius 1 is 1.44 bits per heavy atom. The molecule has 0 atom stereocenters. The van der Waals surface area contributed by atoms with Crippen molar-refractivity contribution < 1.29 is 14.7 Å². The number of carboxylic acid groups (broad SMARTS) is 1. The zero-order chi connectivity index (χ0) is 13.4. The average molecular weight is 265 g/mol. The zero-order valence-corrected chi connectivity index (χ0v) is 10.9. The van der Waals surface area contributed by atoms with Gasteiger partial charge in [-0.25, -0.2) is 9.78 Å². The van der Waals surface area contributed by atoms with Crippen LogP contribution in [0, 0.1) is 6.92 Å². The molecule has 0 aromatic carbocycles. The highest BCUT2D eigenvalue weighted by Crippen LogP contribution is 2.30. The Bertz CT molecular complexity index is 610. The van der Waals surface area contributed by atoms with Crippen molar-refractivity contribution in [2.24, 2.45) is 7.05 Å². The van der Waals surface area contributed by atoms with Crippen LogP contribution in [0.3, 0.4) is 0 Å². The lowest BCUT2D eigenvalue weighted by molar-refractivity contribution is 0.0687. The summed E-state index contributed by atoms with van der Waals surface area (Å²) in [5, 5.41) is 13.6. The summed E-state index contributed by atoms with van der Waals surface area (Å²) in [7, 11) is 1.79. The smallest absolute Gasteiger partial charge is 0.356 e. The molecule has 2 aromatic heterocycles. The first kappa shape index (κ1) is 12.4. The minimum absolute atomic E-state index is 0.167. The van der Waals surface area contributed by atoms with E-state index in [-0.39, 0.29) is 16.4 Å². The number of hydrogen-bond donors (Lipinski definition) is 1. The molecule has 2 rings (SSSR count). The number of carbonyl (C=O) groups excluding carboxylic acids is 1. The molecule has 0 bridgehead atoms. The number of carboxylic acids is 1. The topological polar surface area (TPSA) is 85.1 Å². The van der Waals surface area contributed by atoms with E-state index in [2.05, 4.69) is 10.1 Å². The van der Waals surface area contributed by atoms with Crippen LogP contribution in [0.15, 0.2) is 6.20 Å². The second-order valence-electron chi connectivity index (χ2n) is 3.83. The summed E-state index contributed by atoms with van der Waals surface area (Å²) >= 11 is 1.08. The van der Waals surface area contributed by atoms with Crippen LogP contribution < -0.4 is 0 Å². The van der Waals surface area contributed by atoms with E-state index in [9.17, 15) is 9.59 Å². The zero-order valence-electron chi connectivity index (χ0n) is 10.1. The molecule has 6 nitrogen and oxygen atoms in total. The third kappa shape index (κ3) is 1.92. The summed E-state index contributed by atoms with van der Waals surface area (Å²) in [5.41, 5.74) is 1.43.